The third kappa shape index (κ3) is 3.32. The molecule has 2 aliphatic rings. The second-order valence-corrected chi connectivity index (χ2v) is 6.56. The van der Waals surface area contributed by atoms with Crippen LogP contribution in [0.1, 0.15) is 38.7 Å². The van der Waals surface area contributed by atoms with Gasteiger partial charge in [-0.15, -0.1) is 0 Å². The van der Waals surface area contributed by atoms with E-state index < -0.39 is 11.9 Å². The van der Waals surface area contributed by atoms with Crippen molar-refractivity contribution in [1.82, 2.24) is 0 Å². The predicted molar refractivity (Wildman–Crippen MR) is 88.5 cm³/mol. The summed E-state index contributed by atoms with van der Waals surface area (Å²) in [7, 11) is 0. The van der Waals surface area contributed by atoms with Gasteiger partial charge in [0, 0.05) is 24.0 Å². The van der Waals surface area contributed by atoms with E-state index in [2.05, 4.69) is 5.32 Å². The molecule has 0 radical (unpaired) electrons. The fourth-order valence-corrected chi connectivity index (χ4v) is 3.49. The lowest BCUT2D eigenvalue weighted by molar-refractivity contribution is -0.141. The normalized spacial score (nSPS) is 25.0. The predicted octanol–water partition coefficient (Wildman–Crippen LogP) is 2.85. The molecule has 6 heteroatoms. The number of aliphatic carboxylic acids is 1. The number of fused-ring (bicyclic) bond motifs is 1. The van der Waals surface area contributed by atoms with Crippen molar-refractivity contribution < 1.29 is 24.2 Å². The average Bonchev–Trinajstić information content (AvgIpc) is 3.13. The van der Waals surface area contributed by atoms with Gasteiger partial charge in [0.1, 0.15) is 17.6 Å². The van der Waals surface area contributed by atoms with Crippen LogP contribution in [0.4, 0.5) is 5.69 Å². The number of carboxylic acids is 1. The van der Waals surface area contributed by atoms with Gasteiger partial charge < -0.3 is 19.9 Å². The summed E-state index contributed by atoms with van der Waals surface area (Å²) in [6.07, 6.45) is 2.49. The molecular formula is C18H23NO5. The van der Waals surface area contributed by atoms with E-state index in [1.54, 1.807) is 0 Å². The van der Waals surface area contributed by atoms with Crippen molar-refractivity contribution in [2.24, 2.45) is 11.8 Å². The van der Waals surface area contributed by atoms with Gasteiger partial charge in [0.05, 0.1) is 18.2 Å². The van der Waals surface area contributed by atoms with Crippen molar-refractivity contribution in [2.75, 3.05) is 11.9 Å². The smallest absolute Gasteiger partial charge is 0.306 e. The summed E-state index contributed by atoms with van der Waals surface area (Å²) < 4.78 is 11.4. The molecule has 1 saturated carbocycles. The van der Waals surface area contributed by atoms with Gasteiger partial charge >= 0.3 is 5.97 Å². The minimum atomic E-state index is -0.819. The number of amides is 1. The molecule has 3 rings (SSSR count). The Morgan fingerprint density at radius 2 is 2.08 bits per heavy atom. The highest BCUT2D eigenvalue weighted by molar-refractivity contribution is 5.95. The van der Waals surface area contributed by atoms with Crippen molar-refractivity contribution in [3.05, 3.63) is 17.7 Å². The van der Waals surface area contributed by atoms with E-state index >= 15 is 0 Å². The van der Waals surface area contributed by atoms with Gasteiger partial charge in [0.25, 0.3) is 0 Å². The minimum Gasteiger partial charge on any atom is -0.492 e. The van der Waals surface area contributed by atoms with E-state index in [0.717, 1.165) is 17.7 Å². The second kappa shape index (κ2) is 6.71. The first-order valence-electron chi connectivity index (χ1n) is 8.48. The van der Waals surface area contributed by atoms with E-state index in [1.807, 2.05) is 26.0 Å². The van der Waals surface area contributed by atoms with Gasteiger partial charge in [-0.1, -0.05) is 0 Å². The van der Waals surface area contributed by atoms with Crippen molar-refractivity contribution in [3.8, 4) is 11.5 Å². The Kier molecular flexibility index (Phi) is 4.64. The lowest BCUT2D eigenvalue weighted by atomic mass is 10.0. The standard InChI is InChI=1S/C18H23NO5/c1-3-23-16-8-13-6-10(2)24-15(13)9-14(16)19-17(20)11-4-5-12(7-11)18(21)22/h8-12H,3-7H2,1-2H3,(H,19,20)(H,21,22)/t10?,11-,12+/m1/s1. The van der Waals surface area contributed by atoms with Crippen LogP contribution in [0, 0.1) is 11.8 Å². The van der Waals surface area contributed by atoms with E-state index in [1.165, 1.54) is 0 Å². The molecule has 0 saturated heterocycles. The number of benzene rings is 1. The highest BCUT2D eigenvalue weighted by Crippen LogP contribution is 2.39. The number of carbonyl (C=O) groups excluding carboxylic acids is 1. The third-order valence-corrected chi connectivity index (χ3v) is 4.71. The summed E-state index contributed by atoms with van der Waals surface area (Å²) in [4.78, 5) is 23.6. The zero-order chi connectivity index (χ0) is 17.3. The topological polar surface area (TPSA) is 84.9 Å². The number of anilines is 1. The van der Waals surface area contributed by atoms with Crippen LogP contribution < -0.4 is 14.8 Å². The monoisotopic (exact) mass is 333 g/mol. The maximum atomic E-state index is 12.5. The first-order chi connectivity index (χ1) is 11.5. The van der Waals surface area contributed by atoms with Crippen LogP contribution in [0.25, 0.3) is 0 Å². The molecule has 0 bridgehead atoms. The number of carbonyl (C=O) groups is 2. The third-order valence-electron chi connectivity index (χ3n) is 4.71. The van der Waals surface area contributed by atoms with Crippen LogP contribution in [0.2, 0.25) is 0 Å². The van der Waals surface area contributed by atoms with Crippen LogP contribution >= 0.6 is 0 Å². The second-order valence-electron chi connectivity index (χ2n) is 6.56. The molecule has 0 spiro atoms. The van der Waals surface area contributed by atoms with Crippen molar-refractivity contribution in [2.45, 2.75) is 45.6 Å². The molecule has 2 N–H and O–H groups in total. The van der Waals surface area contributed by atoms with Gasteiger partial charge in [-0.25, -0.2) is 0 Å². The van der Waals surface area contributed by atoms with Crippen LogP contribution in [-0.4, -0.2) is 29.7 Å². The summed E-state index contributed by atoms with van der Waals surface area (Å²) in [5.74, 6) is -0.248. The SMILES string of the molecule is CCOc1cc2c(cc1NC(=O)[C@@H]1CC[C@H](C(=O)O)C1)OC(C)C2. The van der Waals surface area contributed by atoms with E-state index in [0.29, 0.717) is 37.3 Å². The molecule has 6 nitrogen and oxygen atoms in total. The van der Waals surface area contributed by atoms with Crippen LogP contribution in [0.5, 0.6) is 11.5 Å². The summed E-state index contributed by atoms with van der Waals surface area (Å²) in [6.45, 7) is 4.40. The van der Waals surface area contributed by atoms with E-state index in [9.17, 15) is 9.59 Å². The Hall–Kier alpha value is -2.24. The molecule has 1 amide bonds. The largest absolute Gasteiger partial charge is 0.492 e. The van der Waals surface area contributed by atoms with Crippen LogP contribution in [-0.2, 0) is 16.0 Å². The Balaban J connectivity index is 1.75. The highest BCUT2D eigenvalue weighted by atomic mass is 16.5. The molecule has 1 heterocycles. The Morgan fingerprint density at radius 1 is 1.33 bits per heavy atom. The molecule has 0 aromatic heterocycles. The number of hydrogen-bond donors (Lipinski definition) is 2. The lowest BCUT2D eigenvalue weighted by Crippen LogP contribution is -2.22. The van der Waals surface area contributed by atoms with Gasteiger partial charge in [-0.05, 0) is 39.2 Å². The molecule has 1 aromatic carbocycles. The van der Waals surface area contributed by atoms with Crippen molar-refractivity contribution in [1.29, 1.82) is 0 Å². The van der Waals surface area contributed by atoms with Crippen molar-refractivity contribution in [3.63, 3.8) is 0 Å². The molecule has 3 atom stereocenters. The molecular weight excluding hydrogens is 310 g/mol. The molecule has 130 valence electrons. The van der Waals surface area contributed by atoms with Gasteiger partial charge in [0.2, 0.25) is 5.91 Å². The maximum absolute atomic E-state index is 12.5. The van der Waals surface area contributed by atoms with E-state index in [-0.39, 0.29) is 17.9 Å². The number of nitrogens with one attached hydrogen (secondary N) is 1. The first-order valence-corrected chi connectivity index (χ1v) is 8.48. The number of ether oxygens (including phenoxy) is 2. The zero-order valence-corrected chi connectivity index (χ0v) is 14.0. The Morgan fingerprint density at radius 3 is 2.75 bits per heavy atom. The molecule has 1 unspecified atom stereocenters. The molecule has 1 aromatic rings. The van der Waals surface area contributed by atoms with Gasteiger partial charge in [-0.2, -0.15) is 0 Å². The molecule has 1 fully saturated rings. The zero-order valence-electron chi connectivity index (χ0n) is 14.0. The van der Waals surface area contributed by atoms with E-state index in [4.69, 9.17) is 14.6 Å². The minimum absolute atomic E-state index is 0.117. The van der Waals surface area contributed by atoms with Crippen molar-refractivity contribution >= 4 is 17.6 Å². The van der Waals surface area contributed by atoms with Crippen LogP contribution in [0.3, 0.4) is 0 Å². The number of carboxylic acid groups (broad SMARTS) is 1. The van der Waals surface area contributed by atoms with Gasteiger partial charge in [0.15, 0.2) is 0 Å². The Labute approximate surface area is 141 Å². The van der Waals surface area contributed by atoms with Crippen LogP contribution in [0.15, 0.2) is 12.1 Å². The fourth-order valence-electron chi connectivity index (χ4n) is 3.49. The summed E-state index contributed by atoms with van der Waals surface area (Å²) in [6, 6.07) is 3.73. The average molecular weight is 333 g/mol. The summed E-state index contributed by atoms with van der Waals surface area (Å²) in [5.41, 5.74) is 1.67. The highest BCUT2D eigenvalue weighted by Gasteiger charge is 2.34. The quantitative estimate of drug-likeness (QED) is 0.865. The first kappa shape index (κ1) is 16.6. The molecule has 1 aliphatic heterocycles. The molecule has 24 heavy (non-hydrogen) atoms. The fraction of sp³-hybridized carbons (Fsp3) is 0.556. The Bertz CT molecular complexity index is 657. The number of rotatable bonds is 5. The maximum Gasteiger partial charge on any atom is 0.306 e. The van der Waals surface area contributed by atoms with Gasteiger partial charge in [-0.3, -0.25) is 9.59 Å². The molecule has 1 aliphatic carbocycles. The number of hydrogen-bond acceptors (Lipinski definition) is 4. The summed E-state index contributed by atoms with van der Waals surface area (Å²) >= 11 is 0. The summed E-state index contributed by atoms with van der Waals surface area (Å²) in [5, 5.41) is 12.0. The lowest BCUT2D eigenvalue weighted by Gasteiger charge is -2.16.